The summed E-state index contributed by atoms with van der Waals surface area (Å²) in [7, 11) is 4.12. The molecule has 2 heterocycles. The maximum absolute atomic E-state index is 12.8. The summed E-state index contributed by atoms with van der Waals surface area (Å²) in [4.78, 5) is 22.2. The lowest BCUT2D eigenvalue weighted by Crippen LogP contribution is -2.68. The Kier molecular flexibility index (Phi) is 9.49. The second kappa shape index (κ2) is 13.1. The summed E-state index contributed by atoms with van der Waals surface area (Å²) < 4.78 is 6.74. The van der Waals surface area contributed by atoms with Crippen molar-refractivity contribution in [3.8, 4) is 17.1 Å². The highest BCUT2D eigenvalue weighted by atomic mass is 32.1. The second-order valence-corrected chi connectivity index (χ2v) is 13.8. The third kappa shape index (κ3) is 7.08. The molecule has 0 aliphatic heterocycles. The number of carbonyl (C=O) groups is 1. The van der Waals surface area contributed by atoms with E-state index in [0.717, 1.165) is 64.8 Å². The first-order valence-electron chi connectivity index (χ1n) is 15.5. The number of carbonyl (C=O) groups excluding carboxylic acids is 1. The quantitative estimate of drug-likeness (QED) is 0.192. The van der Waals surface area contributed by atoms with Crippen LogP contribution in [0.15, 0.2) is 60.0 Å². The van der Waals surface area contributed by atoms with Gasteiger partial charge in [0.2, 0.25) is 5.88 Å². The fourth-order valence-corrected chi connectivity index (χ4v) is 7.29. The Labute approximate surface area is 259 Å². The van der Waals surface area contributed by atoms with Crippen LogP contribution in [-0.2, 0) is 17.6 Å². The fraction of sp³-hybridized carbons (Fsp3) is 0.457. The van der Waals surface area contributed by atoms with Gasteiger partial charge >= 0.3 is 0 Å². The number of benzene rings is 2. The fourth-order valence-electron chi connectivity index (χ4n) is 6.67. The third-order valence-electron chi connectivity index (χ3n) is 9.11. The Hall–Kier alpha value is -3.33. The molecule has 3 N–H and O–H groups in total. The van der Waals surface area contributed by atoms with Gasteiger partial charge in [-0.3, -0.25) is 4.79 Å². The number of hydrogen-bond donors (Lipinski definition) is 2. The normalized spacial score (nSPS) is 20.8. The number of aryl methyl sites for hydroxylation is 2. The number of amides is 1. The smallest absolute Gasteiger partial charge is 0.255 e. The molecule has 4 aromatic rings. The summed E-state index contributed by atoms with van der Waals surface area (Å²) in [5.74, 6) is 0.174. The number of nitrogens with two attached hydrogens (primary N) is 1. The summed E-state index contributed by atoms with van der Waals surface area (Å²) in [6, 6.07) is 18.5. The monoisotopic (exact) mass is 601 g/mol. The van der Waals surface area contributed by atoms with E-state index in [1.807, 2.05) is 25.1 Å². The van der Waals surface area contributed by atoms with Crippen LogP contribution < -0.4 is 10.5 Å². The maximum atomic E-state index is 12.8. The molecule has 2 aromatic heterocycles. The van der Waals surface area contributed by atoms with Crippen molar-refractivity contribution >= 4 is 28.0 Å². The minimum absolute atomic E-state index is 0.166. The summed E-state index contributed by atoms with van der Waals surface area (Å²) in [5.41, 5.74) is 8.66. The molecular formula is C35H45N4O3S+. The number of aromatic nitrogens is 2. The minimum Gasteiger partial charge on any atom is -0.471 e. The van der Waals surface area contributed by atoms with E-state index in [2.05, 4.69) is 67.8 Å². The molecule has 5 rings (SSSR count). The van der Waals surface area contributed by atoms with Crippen LogP contribution in [0.25, 0.3) is 22.0 Å². The lowest BCUT2D eigenvalue weighted by molar-refractivity contribution is -0.922. The molecule has 1 fully saturated rings. The number of rotatable bonds is 12. The lowest BCUT2D eigenvalue weighted by atomic mass is 9.71. The highest BCUT2D eigenvalue weighted by molar-refractivity contribution is 7.09. The number of thiazole rings is 1. The van der Waals surface area contributed by atoms with Gasteiger partial charge in [0.15, 0.2) is 5.60 Å². The van der Waals surface area contributed by atoms with Crippen LogP contribution in [0.5, 0.6) is 5.88 Å². The summed E-state index contributed by atoms with van der Waals surface area (Å²) in [5, 5.41) is 17.1. The average molecular weight is 602 g/mol. The van der Waals surface area contributed by atoms with Gasteiger partial charge in [0.05, 0.1) is 24.8 Å². The number of quaternary nitrogens is 1. The van der Waals surface area contributed by atoms with Crippen molar-refractivity contribution in [3.63, 3.8) is 0 Å². The van der Waals surface area contributed by atoms with Crippen molar-refractivity contribution in [1.82, 2.24) is 9.97 Å². The van der Waals surface area contributed by atoms with Crippen molar-refractivity contribution in [1.29, 1.82) is 0 Å². The Morgan fingerprint density at radius 1 is 1.14 bits per heavy atom. The molecule has 1 unspecified atom stereocenters. The third-order valence-corrected chi connectivity index (χ3v) is 9.89. The topological polar surface area (TPSA) is 98.3 Å². The van der Waals surface area contributed by atoms with E-state index in [1.54, 1.807) is 11.3 Å². The Balaban J connectivity index is 1.24. The molecule has 0 radical (unpaired) electrons. The number of ether oxygens (including phenoxy) is 1. The van der Waals surface area contributed by atoms with E-state index in [4.69, 9.17) is 15.5 Å². The zero-order valence-electron chi connectivity index (χ0n) is 25.9. The zero-order valence-corrected chi connectivity index (χ0v) is 26.7. The van der Waals surface area contributed by atoms with Gasteiger partial charge in [-0.05, 0) is 68.0 Å². The van der Waals surface area contributed by atoms with E-state index >= 15 is 0 Å². The van der Waals surface area contributed by atoms with Gasteiger partial charge in [0.1, 0.15) is 19.2 Å². The number of primary amides is 1. The molecule has 228 valence electrons. The van der Waals surface area contributed by atoms with Gasteiger partial charge in [0.25, 0.3) is 5.91 Å². The van der Waals surface area contributed by atoms with Gasteiger partial charge in [-0.2, -0.15) is 0 Å². The minimum atomic E-state index is -1.59. The van der Waals surface area contributed by atoms with E-state index in [0.29, 0.717) is 36.4 Å². The molecule has 0 bridgehead atoms. The molecule has 1 aliphatic rings. The van der Waals surface area contributed by atoms with E-state index in [1.165, 1.54) is 5.56 Å². The molecule has 0 saturated heterocycles. The highest BCUT2D eigenvalue weighted by Gasteiger charge is 2.54. The van der Waals surface area contributed by atoms with Gasteiger partial charge in [-0.15, -0.1) is 11.3 Å². The van der Waals surface area contributed by atoms with Crippen LogP contribution >= 0.6 is 11.3 Å². The number of aliphatic hydroxyl groups is 1. The first-order chi connectivity index (χ1) is 20.6. The van der Waals surface area contributed by atoms with Crippen molar-refractivity contribution in [2.24, 2.45) is 11.7 Å². The summed E-state index contributed by atoms with van der Waals surface area (Å²) in [6.07, 6.45) is 5.89. The van der Waals surface area contributed by atoms with Crippen LogP contribution in [0.4, 0.5) is 0 Å². The molecular weight excluding hydrogens is 556 g/mol. The predicted octanol–water partition coefficient (Wildman–Crippen LogP) is 6.09. The van der Waals surface area contributed by atoms with Gasteiger partial charge < -0.3 is 20.1 Å². The van der Waals surface area contributed by atoms with E-state index < -0.39 is 11.5 Å². The molecule has 43 heavy (non-hydrogen) atoms. The van der Waals surface area contributed by atoms with Crippen LogP contribution in [0.1, 0.15) is 55.3 Å². The van der Waals surface area contributed by atoms with Crippen LogP contribution in [0.3, 0.4) is 0 Å². The van der Waals surface area contributed by atoms with Gasteiger partial charge in [0, 0.05) is 28.4 Å². The first-order valence-corrected chi connectivity index (χ1v) is 16.3. The number of unbranched alkanes of at least 4 members (excludes halogenated alkanes) is 1. The molecule has 3 atom stereocenters. The molecule has 7 nitrogen and oxygen atoms in total. The van der Waals surface area contributed by atoms with Crippen molar-refractivity contribution in [2.75, 3.05) is 27.2 Å². The van der Waals surface area contributed by atoms with Crippen LogP contribution in [0, 0.1) is 12.8 Å². The van der Waals surface area contributed by atoms with Crippen LogP contribution in [-0.4, -0.2) is 64.4 Å². The van der Waals surface area contributed by atoms with E-state index in [9.17, 15) is 9.90 Å². The number of likely N-dealkylation sites (N-methyl/N-ethyl adjacent to an activating group) is 1. The summed E-state index contributed by atoms with van der Waals surface area (Å²) in [6.45, 7) is 5.22. The molecule has 0 spiro atoms. The molecule has 2 aromatic carbocycles. The number of hydrogen-bond acceptors (Lipinski definition) is 6. The zero-order chi connectivity index (χ0) is 30.6. The number of pyridine rings is 1. The summed E-state index contributed by atoms with van der Waals surface area (Å²) >= 11 is 1.65. The molecule has 8 heteroatoms. The van der Waals surface area contributed by atoms with E-state index in [-0.39, 0.29) is 12.0 Å². The highest BCUT2D eigenvalue weighted by Crippen LogP contribution is 2.39. The van der Waals surface area contributed by atoms with Crippen molar-refractivity contribution in [2.45, 2.75) is 70.4 Å². The number of fused-ring (bicyclic) bond motifs is 1. The Morgan fingerprint density at radius 3 is 2.60 bits per heavy atom. The second-order valence-electron chi connectivity index (χ2n) is 12.7. The first kappa shape index (κ1) is 31.1. The van der Waals surface area contributed by atoms with Crippen LogP contribution in [0.2, 0.25) is 0 Å². The molecule has 1 aliphatic carbocycles. The SMILES string of the molecule is CCCCc1cc2ccccc2c(OCC[N+](C)(C)[C@H]2CCC(Cc3ccc(-c4csc(C)n4)cc3)C[C@@]2(O)C(N)=O)n1. The van der Waals surface area contributed by atoms with Gasteiger partial charge in [-0.25, -0.2) is 9.97 Å². The largest absolute Gasteiger partial charge is 0.471 e. The maximum Gasteiger partial charge on any atom is 0.255 e. The standard InChI is InChI=1S/C35H44N4O3S/c1-5-6-10-29-21-28-9-7-8-11-30(28)33(38-29)42-19-18-39(3,4)32-17-14-26(22-35(32,41)34(36)40)20-25-12-15-27(16-13-25)31-23-43-24(2)37-31/h7-9,11-13,15-16,21,23,26,32,41H,5-6,10,14,17-20,22H2,1-4H3,(H-,36,40)/p+1/t26?,32-,35-/m0/s1. The van der Waals surface area contributed by atoms with Crippen molar-refractivity contribution < 1.29 is 19.1 Å². The number of nitrogens with zero attached hydrogens (tertiary/aromatic N) is 3. The van der Waals surface area contributed by atoms with Crippen molar-refractivity contribution in [3.05, 3.63) is 76.2 Å². The Bertz CT molecular complexity index is 1550. The average Bonchev–Trinajstić information content (AvgIpc) is 3.42. The van der Waals surface area contributed by atoms with Gasteiger partial charge in [-0.1, -0.05) is 55.8 Å². The molecule has 1 saturated carbocycles. The predicted molar refractivity (Wildman–Crippen MR) is 174 cm³/mol. The Morgan fingerprint density at radius 2 is 1.91 bits per heavy atom. The lowest BCUT2D eigenvalue weighted by Gasteiger charge is -2.49. The molecule has 1 amide bonds.